The summed E-state index contributed by atoms with van der Waals surface area (Å²) in [6, 6.07) is 6.42. The van der Waals surface area contributed by atoms with E-state index < -0.39 is 0 Å². The van der Waals surface area contributed by atoms with Gasteiger partial charge in [0.1, 0.15) is 0 Å². The van der Waals surface area contributed by atoms with Crippen LogP contribution in [0.4, 0.5) is 0 Å². The van der Waals surface area contributed by atoms with Crippen LogP contribution in [0.5, 0.6) is 11.5 Å². The Balaban J connectivity index is 2.01. The van der Waals surface area contributed by atoms with Crippen molar-refractivity contribution in [2.45, 2.75) is 37.8 Å². The van der Waals surface area contributed by atoms with Crippen LogP contribution >= 0.6 is 0 Å². The predicted octanol–water partition coefficient (Wildman–Crippen LogP) is 2.84. The molecule has 0 saturated heterocycles. The van der Waals surface area contributed by atoms with E-state index >= 15 is 0 Å². The number of nitrogens with zero attached hydrogens (tertiary/aromatic N) is 1. The lowest BCUT2D eigenvalue weighted by Gasteiger charge is -2.48. The van der Waals surface area contributed by atoms with Crippen LogP contribution in [0.1, 0.15) is 37.8 Å². The maximum absolute atomic E-state index is 5.38. The van der Waals surface area contributed by atoms with E-state index in [9.17, 15) is 0 Å². The molecule has 1 aliphatic rings. The molecule has 4 heteroatoms. The first-order valence-corrected chi connectivity index (χ1v) is 7.65. The average Bonchev–Trinajstić information content (AvgIpc) is 2.44. The summed E-state index contributed by atoms with van der Waals surface area (Å²) in [4.78, 5) is 2.37. The molecule has 4 nitrogen and oxygen atoms in total. The second-order valence-corrected chi connectivity index (χ2v) is 6.19. The summed E-state index contributed by atoms with van der Waals surface area (Å²) in [5, 5.41) is 3.67. The van der Waals surface area contributed by atoms with Gasteiger partial charge in [-0.3, -0.25) is 0 Å². The van der Waals surface area contributed by atoms with Crippen molar-refractivity contribution in [1.82, 2.24) is 10.2 Å². The van der Waals surface area contributed by atoms with E-state index in [0.717, 1.165) is 18.0 Å². The lowest BCUT2D eigenvalue weighted by molar-refractivity contribution is 0.0576. The summed E-state index contributed by atoms with van der Waals surface area (Å²) in [6.45, 7) is 3.22. The van der Waals surface area contributed by atoms with Gasteiger partial charge in [-0.25, -0.2) is 0 Å². The van der Waals surface area contributed by atoms with Crippen molar-refractivity contribution >= 4 is 0 Å². The molecule has 118 valence electrons. The highest BCUT2D eigenvalue weighted by Crippen LogP contribution is 2.36. The van der Waals surface area contributed by atoms with E-state index in [4.69, 9.17) is 9.47 Å². The molecule has 2 rings (SSSR count). The number of nitrogens with one attached hydrogen (secondary N) is 1. The number of hydrogen-bond donors (Lipinski definition) is 1. The van der Waals surface area contributed by atoms with E-state index in [1.54, 1.807) is 14.2 Å². The highest BCUT2D eigenvalue weighted by molar-refractivity contribution is 5.43. The third-order valence-corrected chi connectivity index (χ3v) is 4.88. The minimum atomic E-state index is 0.294. The molecule has 0 bridgehead atoms. The summed E-state index contributed by atoms with van der Waals surface area (Å²) in [5.41, 5.74) is 1.56. The van der Waals surface area contributed by atoms with Gasteiger partial charge in [0.15, 0.2) is 11.5 Å². The number of likely N-dealkylation sites (N-methyl/N-ethyl adjacent to an activating group) is 1. The highest BCUT2D eigenvalue weighted by atomic mass is 16.5. The Morgan fingerprint density at radius 1 is 1.19 bits per heavy atom. The molecule has 0 aliphatic heterocycles. The molecule has 1 aromatic carbocycles. The van der Waals surface area contributed by atoms with Crippen LogP contribution in [0.15, 0.2) is 18.2 Å². The molecule has 1 saturated carbocycles. The maximum atomic E-state index is 5.38. The van der Waals surface area contributed by atoms with Gasteiger partial charge >= 0.3 is 0 Å². The number of rotatable bonds is 7. The van der Waals surface area contributed by atoms with Crippen LogP contribution in [0.2, 0.25) is 0 Å². The summed E-state index contributed by atoms with van der Waals surface area (Å²) in [7, 11) is 7.70. The van der Waals surface area contributed by atoms with Crippen LogP contribution in [-0.2, 0) is 0 Å². The number of methoxy groups -OCH3 is 2. The molecule has 1 aliphatic carbocycles. The Kier molecular flexibility index (Phi) is 5.12. The molecule has 0 radical (unpaired) electrons. The molecule has 1 aromatic rings. The normalized spacial score (nSPS) is 18.2. The zero-order valence-corrected chi connectivity index (χ0v) is 13.9. The zero-order chi connectivity index (χ0) is 15.5. The van der Waals surface area contributed by atoms with Crippen molar-refractivity contribution in [3.05, 3.63) is 23.8 Å². The number of ether oxygens (including phenoxy) is 2. The van der Waals surface area contributed by atoms with E-state index in [1.165, 1.54) is 24.8 Å². The first-order valence-electron chi connectivity index (χ1n) is 7.65. The first kappa shape index (κ1) is 16.1. The van der Waals surface area contributed by atoms with Crippen LogP contribution in [0.25, 0.3) is 0 Å². The fraction of sp³-hybridized carbons (Fsp3) is 0.647. The van der Waals surface area contributed by atoms with Gasteiger partial charge in [-0.05, 0) is 58.0 Å². The lowest BCUT2D eigenvalue weighted by atomic mass is 9.75. The van der Waals surface area contributed by atoms with Gasteiger partial charge in [0, 0.05) is 18.1 Å². The van der Waals surface area contributed by atoms with Gasteiger partial charge in [-0.2, -0.15) is 0 Å². The third kappa shape index (κ3) is 3.33. The topological polar surface area (TPSA) is 33.7 Å². The van der Waals surface area contributed by atoms with Crippen molar-refractivity contribution < 1.29 is 9.47 Å². The molecule has 0 spiro atoms. The van der Waals surface area contributed by atoms with E-state index in [2.05, 4.69) is 43.4 Å². The smallest absolute Gasteiger partial charge is 0.161 e. The van der Waals surface area contributed by atoms with E-state index in [0.29, 0.717) is 11.6 Å². The van der Waals surface area contributed by atoms with Gasteiger partial charge < -0.3 is 19.7 Å². The van der Waals surface area contributed by atoms with Crippen molar-refractivity contribution in [3.8, 4) is 11.5 Å². The van der Waals surface area contributed by atoms with Gasteiger partial charge in [-0.1, -0.05) is 6.07 Å². The Labute approximate surface area is 128 Å². The van der Waals surface area contributed by atoms with Crippen molar-refractivity contribution in [1.29, 1.82) is 0 Å². The minimum absolute atomic E-state index is 0.294. The van der Waals surface area contributed by atoms with Crippen molar-refractivity contribution in [2.24, 2.45) is 0 Å². The Bertz CT molecular complexity index is 470. The Morgan fingerprint density at radius 3 is 2.33 bits per heavy atom. The standard InChI is InChI=1S/C17H28N2O2/c1-13(18-12-17(19(2)3)9-6-10-17)14-7-8-15(20-4)16(11-14)21-5/h7-8,11,13,18H,6,9-10,12H2,1-5H3. The SMILES string of the molecule is COc1ccc(C(C)NCC2(N(C)C)CCC2)cc1OC. The number of hydrogen-bond acceptors (Lipinski definition) is 4. The van der Waals surface area contributed by atoms with Gasteiger partial charge in [0.2, 0.25) is 0 Å². The summed E-state index contributed by atoms with van der Waals surface area (Å²) in [6.07, 6.45) is 3.90. The molecule has 0 heterocycles. The first-order chi connectivity index (χ1) is 10.0. The van der Waals surface area contributed by atoms with Gasteiger partial charge in [0.05, 0.1) is 14.2 Å². The molecule has 0 aromatic heterocycles. The van der Waals surface area contributed by atoms with Crippen molar-refractivity contribution in [3.63, 3.8) is 0 Å². The molecule has 1 atom stereocenters. The lowest BCUT2D eigenvalue weighted by Crippen LogP contribution is -2.56. The maximum Gasteiger partial charge on any atom is 0.161 e. The molecular weight excluding hydrogens is 264 g/mol. The van der Waals surface area contributed by atoms with Crippen molar-refractivity contribution in [2.75, 3.05) is 34.9 Å². The monoisotopic (exact) mass is 292 g/mol. The van der Waals surface area contributed by atoms with E-state index in [1.807, 2.05) is 6.07 Å². The van der Waals surface area contributed by atoms with Crippen LogP contribution in [0, 0.1) is 0 Å². The molecule has 21 heavy (non-hydrogen) atoms. The summed E-state index contributed by atoms with van der Waals surface area (Å²) >= 11 is 0. The van der Waals surface area contributed by atoms with Gasteiger partial charge in [0.25, 0.3) is 0 Å². The average molecular weight is 292 g/mol. The Morgan fingerprint density at radius 2 is 1.86 bits per heavy atom. The Hall–Kier alpha value is -1.26. The molecule has 1 unspecified atom stereocenters. The fourth-order valence-electron chi connectivity index (χ4n) is 2.95. The zero-order valence-electron chi connectivity index (χ0n) is 13.9. The summed E-state index contributed by atoms with van der Waals surface area (Å²) < 4.78 is 10.7. The molecule has 0 amide bonds. The fourth-order valence-corrected chi connectivity index (χ4v) is 2.95. The second kappa shape index (κ2) is 6.67. The van der Waals surface area contributed by atoms with Gasteiger partial charge in [-0.15, -0.1) is 0 Å². The second-order valence-electron chi connectivity index (χ2n) is 6.19. The third-order valence-electron chi connectivity index (χ3n) is 4.88. The van der Waals surface area contributed by atoms with Crippen LogP contribution < -0.4 is 14.8 Å². The molecular formula is C17H28N2O2. The van der Waals surface area contributed by atoms with E-state index in [-0.39, 0.29) is 0 Å². The minimum Gasteiger partial charge on any atom is -0.493 e. The quantitative estimate of drug-likeness (QED) is 0.838. The van der Waals surface area contributed by atoms with Crippen LogP contribution in [-0.4, -0.2) is 45.3 Å². The predicted molar refractivity (Wildman–Crippen MR) is 86.2 cm³/mol. The highest BCUT2D eigenvalue weighted by Gasteiger charge is 2.38. The van der Waals surface area contributed by atoms with Crippen LogP contribution in [0.3, 0.4) is 0 Å². The largest absolute Gasteiger partial charge is 0.493 e. The molecule has 1 N–H and O–H groups in total. The summed E-state index contributed by atoms with van der Waals surface area (Å²) in [5.74, 6) is 1.56. The molecule has 1 fully saturated rings. The number of benzene rings is 1.